The minimum absolute atomic E-state index is 0.254. The van der Waals surface area contributed by atoms with Crippen LogP contribution in [-0.4, -0.2) is 18.0 Å². The Morgan fingerprint density at radius 3 is 2.86 bits per heavy atom. The van der Waals surface area contributed by atoms with Crippen molar-refractivity contribution < 1.29 is 18.3 Å². The summed E-state index contributed by atoms with van der Waals surface area (Å²) in [6, 6.07) is 6.26. The van der Waals surface area contributed by atoms with Crippen LogP contribution >= 0.6 is 15.9 Å². The number of carbonyl (C=O) groups excluding carboxylic acids is 1. The number of hydrogen-bond acceptors (Lipinski definition) is 3. The molecule has 1 aromatic carbocycles. The van der Waals surface area contributed by atoms with E-state index in [9.17, 15) is 13.6 Å². The molecule has 0 atom stereocenters. The van der Waals surface area contributed by atoms with Crippen molar-refractivity contribution in [1.29, 1.82) is 0 Å². The van der Waals surface area contributed by atoms with Gasteiger partial charge in [0.2, 0.25) is 5.95 Å². The number of hydrogen-bond donors (Lipinski definition) is 1. The number of aromatic nitrogens is 1. The van der Waals surface area contributed by atoms with E-state index >= 15 is 0 Å². The van der Waals surface area contributed by atoms with E-state index in [-0.39, 0.29) is 6.61 Å². The molecule has 110 valence electrons. The molecular formula is C14H11BrF2N2O2. The van der Waals surface area contributed by atoms with E-state index in [1.807, 2.05) is 0 Å². The molecule has 1 aromatic heterocycles. The topological polar surface area (TPSA) is 51.2 Å². The lowest BCUT2D eigenvalue weighted by Gasteiger charge is -2.12. The van der Waals surface area contributed by atoms with Crippen LogP contribution in [0.15, 0.2) is 34.9 Å². The van der Waals surface area contributed by atoms with Crippen LogP contribution in [-0.2, 0) is 11.3 Å². The first kappa shape index (κ1) is 15.5. The molecule has 4 nitrogen and oxygen atoms in total. The van der Waals surface area contributed by atoms with Crippen LogP contribution in [0.3, 0.4) is 0 Å². The lowest BCUT2D eigenvalue weighted by Crippen LogP contribution is -2.16. The first-order valence-corrected chi connectivity index (χ1v) is 6.71. The molecule has 0 spiro atoms. The first-order valence-electron chi connectivity index (χ1n) is 5.92. The summed E-state index contributed by atoms with van der Waals surface area (Å²) in [5, 5.41) is 2.54. The number of pyridine rings is 1. The number of methoxy groups -OCH3 is 1. The van der Waals surface area contributed by atoms with Gasteiger partial charge < -0.3 is 10.1 Å². The van der Waals surface area contributed by atoms with Gasteiger partial charge in [0, 0.05) is 29.0 Å². The quantitative estimate of drug-likeness (QED) is 0.852. The van der Waals surface area contributed by atoms with Gasteiger partial charge in [-0.1, -0.05) is 22.0 Å². The highest BCUT2D eigenvalue weighted by Gasteiger charge is 2.17. The van der Waals surface area contributed by atoms with Gasteiger partial charge in [0.25, 0.3) is 5.91 Å². The average Bonchev–Trinajstić information content (AvgIpc) is 2.45. The Bertz CT molecular complexity index is 680. The van der Waals surface area contributed by atoms with Crippen LogP contribution in [0.5, 0.6) is 0 Å². The van der Waals surface area contributed by atoms with Crippen molar-refractivity contribution in [3.05, 3.63) is 57.8 Å². The van der Waals surface area contributed by atoms with Crippen molar-refractivity contribution in [3.63, 3.8) is 0 Å². The molecule has 0 aliphatic rings. The average molecular weight is 357 g/mol. The summed E-state index contributed by atoms with van der Waals surface area (Å²) in [4.78, 5) is 15.2. The smallest absolute Gasteiger partial charge is 0.258 e. The lowest BCUT2D eigenvalue weighted by atomic mass is 10.1. The van der Waals surface area contributed by atoms with Gasteiger partial charge in [-0.3, -0.25) is 4.79 Å². The molecule has 1 amide bonds. The van der Waals surface area contributed by atoms with Crippen LogP contribution in [0.4, 0.5) is 14.5 Å². The molecule has 0 unspecified atom stereocenters. The summed E-state index contributed by atoms with van der Waals surface area (Å²) >= 11 is 3.35. The summed E-state index contributed by atoms with van der Waals surface area (Å²) in [7, 11) is 1.52. The number of amides is 1. The molecule has 0 saturated heterocycles. The van der Waals surface area contributed by atoms with Gasteiger partial charge in [-0.05, 0) is 18.2 Å². The Balaban J connectivity index is 2.32. The molecule has 0 bridgehead atoms. The van der Waals surface area contributed by atoms with Crippen LogP contribution in [0.25, 0.3) is 0 Å². The summed E-state index contributed by atoms with van der Waals surface area (Å²) in [6.07, 6.45) is 1.03. The highest BCUT2D eigenvalue weighted by Crippen LogP contribution is 2.26. The Kier molecular flexibility index (Phi) is 4.98. The fraction of sp³-hybridized carbons (Fsp3) is 0.143. The van der Waals surface area contributed by atoms with Gasteiger partial charge >= 0.3 is 0 Å². The third-order valence-corrected chi connectivity index (χ3v) is 3.49. The van der Waals surface area contributed by atoms with E-state index in [0.29, 0.717) is 11.3 Å². The van der Waals surface area contributed by atoms with E-state index in [1.165, 1.54) is 7.11 Å². The van der Waals surface area contributed by atoms with Crippen LogP contribution in [0.1, 0.15) is 15.9 Å². The molecule has 1 heterocycles. The van der Waals surface area contributed by atoms with Crippen LogP contribution in [0, 0.1) is 11.8 Å². The molecule has 0 radical (unpaired) electrons. The normalized spacial score (nSPS) is 10.5. The van der Waals surface area contributed by atoms with Crippen LogP contribution in [0.2, 0.25) is 0 Å². The number of nitrogens with zero attached hydrogens (tertiary/aromatic N) is 1. The Morgan fingerprint density at radius 1 is 1.38 bits per heavy atom. The van der Waals surface area contributed by atoms with Gasteiger partial charge in [0.1, 0.15) is 0 Å². The second kappa shape index (κ2) is 6.73. The standard InChI is InChI=1S/C14H11BrF2N2O2/c1-21-7-9-10(15)3-2-4-11(9)19-14(20)8-5-6-18-13(17)12(8)16/h2-6H,7H2,1H3,(H,19,20). The van der Waals surface area contributed by atoms with Crippen LogP contribution < -0.4 is 5.32 Å². The molecule has 1 N–H and O–H groups in total. The number of benzene rings is 1. The minimum atomic E-state index is -1.31. The molecule has 0 saturated carbocycles. The zero-order chi connectivity index (χ0) is 15.4. The van der Waals surface area contributed by atoms with Gasteiger partial charge in [-0.2, -0.15) is 4.39 Å². The summed E-state index contributed by atoms with van der Waals surface area (Å²) < 4.78 is 32.4. The number of carbonyl (C=O) groups is 1. The fourth-order valence-electron chi connectivity index (χ4n) is 1.75. The third-order valence-electron chi connectivity index (χ3n) is 2.75. The van der Waals surface area contributed by atoms with E-state index in [0.717, 1.165) is 16.7 Å². The predicted molar refractivity (Wildman–Crippen MR) is 77.0 cm³/mol. The van der Waals surface area contributed by atoms with Crippen molar-refractivity contribution >= 4 is 27.5 Å². The van der Waals surface area contributed by atoms with E-state index in [2.05, 4.69) is 26.2 Å². The van der Waals surface area contributed by atoms with Gasteiger partial charge in [0.05, 0.1) is 12.2 Å². The maximum Gasteiger partial charge on any atom is 0.258 e. The van der Waals surface area contributed by atoms with Crippen molar-refractivity contribution in [2.24, 2.45) is 0 Å². The van der Waals surface area contributed by atoms with Crippen molar-refractivity contribution in [2.45, 2.75) is 6.61 Å². The van der Waals surface area contributed by atoms with Gasteiger partial charge in [-0.15, -0.1) is 0 Å². The van der Waals surface area contributed by atoms with Crippen molar-refractivity contribution in [2.75, 3.05) is 12.4 Å². The fourth-order valence-corrected chi connectivity index (χ4v) is 2.23. The number of ether oxygens (including phenoxy) is 1. The zero-order valence-electron chi connectivity index (χ0n) is 11.0. The largest absolute Gasteiger partial charge is 0.380 e. The molecule has 2 aromatic rings. The molecule has 2 rings (SSSR count). The van der Waals surface area contributed by atoms with E-state index in [4.69, 9.17) is 4.74 Å². The highest BCUT2D eigenvalue weighted by molar-refractivity contribution is 9.10. The maximum atomic E-state index is 13.6. The Hall–Kier alpha value is -1.86. The molecule has 0 aliphatic carbocycles. The number of rotatable bonds is 4. The number of nitrogens with one attached hydrogen (secondary N) is 1. The molecule has 0 aliphatic heterocycles. The van der Waals surface area contributed by atoms with Crippen molar-refractivity contribution in [3.8, 4) is 0 Å². The third kappa shape index (κ3) is 3.43. The molecular weight excluding hydrogens is 346 g/mol. The SMILES string of the molecule is COCc1c(Br)cccc1NC(=O)c1ccnc(F)c1F. The van der Waals surface area contributed by atoms with E-state index in [1.54, 1.807) is 18.2 Å². The predicted octanol–water partition coefficient (Wildman–Crippen LogP) is 3.52. The van der Waals surface area contributed by atoms with Gasteiger partial charge in [-0.25, -0.2) is 9.37 Å². The Labute approximate surface area is 128 Å². The summed E-state index contributed by atoms with van der Waals surface area (Å²) in [5.74, 6) is -3.35. The number of anilines is 1. The minimum Gasteiger partial charge on any atom is -0.380 e. The summed E-state index contributed by atoms with van der Waals surface area (Å²) in [5.41, 5.74) is 0.738. The number of halogens is 3. The zero-order valence-corrected chi connectivity index (χ0v) is 12.6. The van der Waals surface area contributed by atoms with Gasteiger partial charge in [0.15, 0.2) is 5.82 Å². The lowest BCUT2D eigenvalue weighted by molar-refractivity contribution is 0.102. The second-order valence-electron chi connectivity index (χ2n) is 4.12. The molecule has 0 fully saturated rings. The maximum absolute atomic E-state index is 13.6. The van der Waals surface area contributed by atoms with E-state index < -0.39 is 23.2 Å². The second-order valence-corrected chi connectivity index (χ2v) is 4.97. The summed E-state index contributed by atoms with van der Waals surface area (Å²) in [6.45, 7) is 0.254. The first-order chi connectivity index (χ1) is 10.0. The monoisotopic (exact) mass is 356 g/mol. The van der Waals surface area contributed by atoms with Crippen molar-refractivity contribution in [1.82, 2.24) is 4.98 Å². The Morgan fingerprint density at radius 2 is 2.14 bits per heavy atom. The molecule has 7 heteroatoms. The molecule has 21 heavy (non-hydrogen) atoms. The highest BCUT2D eigenvalue weighted by atomic mass is 79.9.